The fourth-order valence-electron chi connectivity index (χ4n) is 3.42. The number of anilines is 2. The van der Waals surface area contributed by atoms with E-state index in [0.717, 1.165) is 0 Å². The van der Waals surface area contributed by atoms with Gasteiger partial charge in [0, 0.05) is 11.3 Å². The summed E-state index contributed by atoms with van der Waals surface area (Å²) in [5.74, 6) is 0.620. The molecule has 1 aliphatic heterocycles. The molecule has 1 unspecified atom stereocenters. The molecule has 0 radical (unpaired) electrons. The van der Waals surface area contributed by atoms with Gasteiger partial charge in [0.05, 0.1) is 29.3 Å². The summed E-state index contributed by atoms with van der Waals surface area (Å²) in [6, 6.07) is 17.8. The molecule has 0 bridgehead atoms. The highest BCUT2D eigenvalue weighted by atomic mass is 35.5. The fourth-order valence-corrected chi connectivity index (χ4v) is 5.23. The number of hydrogen-bond acceptors (Lipinski definition) is 5. The molecule has 3 aromatic carbocycles. The highest BCUT2D eigenvalue weighted by Crippen LogP contribution is 2.36. The largest absolute Gasteiger partial charge is 0.495 e. The van der Waals surface area contributed by atoms with Crippen LogP contribution in [0.2, 0.25) is 5.02 Å². The third-order valence-corrected chi connectivity index (χ3v) is 7.09. The Labute approximate surface area is 191 Å². The van der Waals surface area contributed by atoms with E-state index in [2.05, 4.69) is 5.32 Å². The molecule has 32 heavy (non-hydrogen) atoms. The Hall–Kier alpha value is -3.23. The first-order valence-corrected chi connectivity index (χ1v) is 11.6. The van der Waals surface area contributed by atoms with E-state index in [1.165, 1.54) is 29.6 Å². The SMILES string of the molecule is COc1ccc(C(=O)Nc2ccc(S(=O)(=O)N3CC(C)Oc4ccccc43)cc2)cc1Cl. The lowest BCUT2D eigenvalue weighted by Gasteiger charge is -2.34. The lowest BCUT2D eigenvalue weighted by Crippen LogP contribution is -2.42. The molecule has 4 rings (SSSR count). The summed E-state index contributed by atoms with van der Waals surface area (Å²) in [5.41, 5.74) is 1.31. The summed E-state index contributed by atoms with van der Waals surface area (Å²) in [7, 11) is -2.32. The minimum absolute atomic E-state index is 0.117. The molecular formula is C23H21ClN2O5S. The number of para-hydroxylation sites is 2. The van der Waals surface area contributed by atoms with Crippen LogP contribution in [0.15, 0.2) is 71.6 Å². The summed E-state index contributed by atoms with van der Waals surface area (Å²) in [4.78, 5) is 12.6. The Bertz CT molecular complexity index is 1260. The van der Waals surface area contributed by atoms with Crippen LogP contribution >= 0.6 is 11.6 Å². The number of nitrogens with zero attached hydrogens (tertiary/aromatic N) is 1. The molecule has 166 valence electrons. The number of carbonyl (C=O) groups is 1. The van der Waals surface area contributed by atoms with E-state index in [1.807, 2.05) is 6.92 Å². The predicted octanol–water partition coefficient (Wildman–Crippen LogP) is 4.58. The number of rotatable bonds is 5. The molecule has 0 aliphatic carbocycles. The first-order chi connectivity index (χ1) is 15.3. The molecule has 1 amide bonds. The van der Waals surface area contributed by atoms with Crippen LogP contribution in [0.4, 0.5) is 11.4 Å². The number of fused-ring (bicyclic) bond motifs is 1. The maximum atomic E-state index is 13.3. The predicted molar refractivity (Wildman–Crippen MR) is 123 cm³/mol. The van der Waals surface area contributed by atoms with Gasteiger partial charge in [0.2, 0.25) is 0 Å². The molecule has 0 saturated heterocycles. The number of amides is 1. The summed E-state index contributed by atoms with van der Waals surface area (Å²) >= 11 is 6.08. The average molecular weight is 473 g/mol. The zero-order valence-corrected chi connectivity index (χ0v) is 19.0. The van der Waals surface area contributed by atoms with Gasteiger partial charge in [-0.05, 0) is 61.5 Å². The second-order valence-electron chi connectivity index (χ2n) is 7.26. The first-order valence-electron chi connectivity index (χ1n) is 9.83. The van der Waals surface area contributed by atoms with Crippen molar-refractivity contribution in [3.8, 4) is 11.5 Å². The molecular weight excluding hydrogens is 452 g/mol. The number of halogens is 1. The van der Waals surface area contributed by atoms with Crippen LogP contribution in [0, 0.1) is 0 Å². The van der Waals surface area contributed by atoms with Crippen LogP contribution in [-0.4, -0.2) is 34.1 Å². The van der Waals surface area contributed by atoms with Crippen molar-refractivity contribution in [3.05, 3.63) is 77.3 Å². The van der Waals surface area contributed by atoms with Crippen LogP contribution in [0.5, 0.6) is 11.5 Å². The van der Waals surface area contributed by atoms with Crippen molar-refractivity contribution in [1.29, 1.82) is 0 Å². The van der Waals surface area contributed by atoms with Gasteiger partial charge < -0.3 is 14.8 Å². The van der Waals surface area contributed by atoms with Gasteiger partial charge in [-0.25, -0.2) is 8.42 Å². The third kappa shape index (κ3) is 4.24. The second-order valence-corrected chi connectivity index (χ2v) is 9.53. The summed E-state index contributed by atoms with van der Waals surface area (Å²) in [5, 5.41) is 3.06. The van der Waals surface area contributed by atoms with Crippen LogP contribution in [0.25, 0.3) is 0 Å². The highest BCUT2D eigenvalue weighted by molar-refractivity contribution is 7.92. The minimum Gasteiger partial charge on any atom is -0.495 e. The normalized spacial score (nSPS) is 15.5. The van der Waals surface area contributed by atoms with Gasteiger partial charge in [-0.2, -0.15) is 0 Å². The molecule has 0 fully saturated rings. The van der Waals surface area contributed by atoms with E-state index in [1.54, 1.807) is 48.5 Å². The first kappa shape index (κ1) is 22.0. The topological polar surface area (TPSA) is 84.9 Å². The van der Waals surface area contributed by atoms with Crippen molar-refractivity contribution in [3.63, 3.8) is 0 Å². The van der Waals surface area contributed by atoms with Crippen LogP contribution in [-0.2, 0) is 10.0 Å². The molecule has 9 heteroatoms. The molecule has 0 saturated carbocycles. The van der Waals surface area contributed by atoms with Crippen molar-refractivity contribution in [2.24, 2.45) is 0 Å². The zero-order chi connectivity index (χ0) is 22.9. The van der Waals surface area contributed by atoms with E-state index in [9.17, 15) is 13.2 Å². The highest BCUT2D eigenvalue weighted by Gasteiger charge is 2.32. The van der Waals surface area contributed by atoms with Crippen LogP contribution < -0.4 is 19.1 Å². The van der Waals surface area contributed by atoms with Crippen molar-refractivity contribution in [1.82, 2.24) is 0 Å². The van der Waals surface area contributed by atoms with Crippen molar-refractivity contribution >= 4 is 38.9 Å². The molecule has 1 atom stereocenters. The van der Waals surface area contributed by atoms with Gasteiger partial charge in [0.1, 0.15) is 17.6 Å². The average Bonchev–Trinajstić information content (AvgIpc) is 2.78. The quantitative estimate of drug-likeness (QED) is 0.587. The van der Waals surface area contributed by atoms with Gasteiger partial charge in [-0.1, -0.05) is 23.7 Å². The smallest absolute Gasteiger partial charge is 0.264 e. The second kappa shape index (κ2) is 8.72. The number of ether oxygens (including phenoxy) is 2. The monoisotopic (exact) mass is 472 g/mol. The molecule has 0 spiro atoms. The number of benzene rings is 3. The van der Waals surface area contributed by atoms with Gasteiger partial charge in [-0.15, -0.1) is 0 Å². The maximum Gasteiger partial charge on any atom is 0.264 e. The third-order valence-electron chi connectivity index (χ3n) is 5.00. The Balaban J connectivity index is 1.55. The molecule has 3 aromatic rings. The fraction of sp³-hybridized carbons (Fsp3) is 0.174. The molecule has 1 aliphatic rings. The van der Waals surface area contributed by atoms with Gasteiger partial charge in [0.25, 0.3) is 15.9 Å². The molecule has 0 aromatic heterocycles. The Morgan fingerprint density at radius 2 is 1.84 bits per heavy atom. The van der Waals surface area contributed by atoms with Gasteiger partial charge in [0.15, 0.2) is 0 Å². The Kier molecular flexibility index (Phi) is 5.99. The van der Waals surface area contributed by atoms with Crippen LogP contribution in [0.1, 0.15) is 17.3 Å². The van der Waals surface area contributed by atoms with Crippen molar-refractivity contribution in [2.75, 3.05) is 23.3 Å². The summed E-state index contributed by atoms with van der Waals surface area (Å²) in [6.07, 6.45) is -0.283. The van der Waals surface area contributed by atoms with E-state index >= 15 is 0 Å². The molecule has 1 heterocycles. The summed E-state index contributed by atoms with van der Waals surface area (Å²) < 4.78 is 38.8. The minimum atomic E-state index is -3.81. The Morgan fingerprint density at radius 1 is 1.12 bits per heavy atom. The van der Waals surface area contributed by atoms with E-state index in [4.69, 9.17) is 21.1 Å². The number of hydrogen-bond donors (Lipinski definition) is 1. The number of carbonyl (C=O) groups excluding carboxylic acids is 1. The molecule has 1 N–H and O–H groups in total. The number of methoxy groups -OCH3 is 1. The lowest BCUT2D eigenvalue weighted by molar-refractivity contribution is 0.102. The number of nitrogens with one attached hydrogen (secondary N) is 1. The van der Waals surface area contributed by atoms with E-state index in [0.29, 0.717) is 33.5 Å². The standard InChI is InChI=1S/C23H21ClN2O5S/c1-15-14-26(20-5-3-4-6-22(20)31-15)32(28,29)18-10-8-17(9-11-18)25-23(27)16-7-12-21(30-2)19(24)13-16/h3-13,15H,14H2,1-2H3,(H,25,27). The number of sulfonamides is 1. The maximum absolute atomic E-state index is 13.3. The lowest BCUT2D eigenvalue weighted by atomic mass is 10.2. The van der Waals surface area contributed by atoms with E-state index < -0.39 is 10.0 Å². The molecule has 7 nitrogen and oxygen atoms in total. The van der Waals surface area contributed by atoms with Gasteiger partial charge >= 0.3 is 0 Å². The summed E-state index contributed by atoms with van der Waals surface area (Å²) in [6.45, 7) is 2.03. The van der Waals surface area contributed by atoms with Crippen LogP contribution in [0.3, 0.4) is 0 Å². The zero-order valence-electron chi connectivity index (χ0n) is 17.4. The van der Waals surface area contributed by atoms with Crippen molar-refractivity contribution < 1.29 is 22.7 Å². The van der Waals surface area contributed by atoms with Crippen molar-refractivity contribution in [2.45, 2.75) is 17.9 Å². The van der Waals surface area contributed by atoms with E-state index in [-0.39, 0.29) is 23.5 Å². The Morgan fingerprint density at radius 3 is 2.53 bits per heavy atom. The van der Waals surface area contributed by atoms with Gasteiger partial charge in [-0.3, -0.25) is 9.10 Å².